The fourth-order valence-corrected chi connectivity index (χ4v) is 1.76. The third-order valence-electron chi connectivity index (χ3n) is 2.54. The molecule has 0 saturated heterocycles. The zero-order valence-electron chi connectivity index (χ0n) is 9.86. The average Bonchev–Trinajstić information content (AvgIpc) is 2.38. The molecule has 0 atom stereocenters. The molecule has 1 heterocycles. The van der Waals surface area contributed by atoms with E-state index in [4.69, 9.17) is 10.2 Å². The van der Waals surface area contributed by atoms with Gasteiger partial charge >= 0.3 is 17.6 Å². The first-order valence-electron chi connectivity index (χ1n) is 5.35. The van der Waals surface area contributed by atoms with Crippen molar-refractivity contribution in [1.29, 1.82) is 0 Å². The van der Waals surface area contributed by atoms with Gasteiger partial charge in [0.05, 0.1) is 5.69 Å². The van der Waals surface area contributed by atoms with E-state index >= 15 is 0 Å². The van der Waals surface area contributed by atoms with Crippen LogP contribution in [0, 0.1) is 0 Å². The van der Waals surface area contributed by atoms with Gasteiger partial charge in [0.2, 0.25) is 0 Å². The van der Waals surface area contributed by atoms with Gasteiger partial charge < -0.3 is 10.2 Å². The van der Waals surface area contributed by atoms with Crippen LogP contribution in [0.1, 0.15) is 20.8 Å². The maximum absolute atomic E-state index is 11.8. The summed E-state index contributed by atoms with van der Waals surface area (Å²) in [6.07, 6.45) is 0. The molecule has 0 fully saturated rings. The molecule has 0 bridgehead atoms. The zero-order valence-corrected chi connectivity index (χ0v) is 9.86. The first kappa shape index (κ1) is 13.3. The second-order valence-electron chi connectivity index (χ2n) is 3.76. The number of aromatic carboxylic acids is 2. The minimum atomic E-state index is -1.73. The van der Waals surface area contributed by atoms with Crippen LogP contribution in [0.5, 0.6) is 0 Å². The summed E-state index contributed by atoms with van der Waals surface area (Å²) in [6, 6.07) is 7.55. The Morgan fingerprint density at radius 3 is 2.10 bits per heavy atom. The summed E-state index contributed by atoms with van der Waals surface area (Å²) >= 11 is 0. The number of nitrogens with one attached hydrogen (secondary N) is 1. The third-order valence-corrected chi connectivity index (χ3v) is 2.54. The molecule has 20 heavy (non-hydrogen) atoms. The van der Waals surface area contributed by atoms with Crippen molar-refractivity contribution >= 4 is 11.9 Å². The maximum atomic E-state index is 11.8. The largest absolute Gasteiger partial charge is 0.477 e. The quantitative estimate of drug-likeness (QED) is 0.719. The molecule has 102 valence electrons. The number of hydrogen-bond acceptors (Lipinski definition) is 4. The minimum Gasteiger partial charge on any atom is -0.477 e. The number of benzene rings is 1. The highest BCUT2D eigenvalue weighted by molar-refractivity contribution is 6.00. The number of carboxylic acids is 2. The SMILES string of the molecule is O=C(O)c1c(C(=O)O)n(-c2ccccc2)c(=O)[nH]c1=O. The summed E-state index contributed by atoms with van der Waals surface area (Å²) in [5.74, 6) is -3.41. The number of carboxylic acid groups (broad SMARTS) is 2. The highest BCUT2D eigenvalue weighted by atomic mass is 16.4. The van der Waals surface area contributed by atoms with Gasteiger partial charge in [-0.15, -0.1) is 0 Å². The highest BCUT2D eigenvalue weighted by Crippen LogP contribution is 2.10. The molecule has 1 aromatic heterocycles. The Kier molecular flexibility index (Phi) is 3.21. The summed E-state index contributed by atoms with van der Waals surface area (Å²) in [5, 5.41) is 18.1. The number of H-pyrrole nitrogens is 1. The number of aromatic amines is 1. The first-order chi connectivity index (χ1) is 9.43. The van der Waals surface area contributed by atoms with E-state index in [1.165, 1.54) is 12.1 Å². The van der Waals surface area contributed by atoms with Crippen molar-refractivity contribution < 1.29 is 19.8 Å². The van der Waals surface area contributed by atoms with Crippen molar-refractivity contribution in [3.05, 3.63) is 62.4 Å². The van der Waals surface area contributed by atoms with Gasteiger partial charge in [-0.05, 0) is 12.1 Å². The van der Waals surface area contributed by atoms with Gasteiger partial charge in [-0.1, -0.05) is 18.2 Å². The number of hydrogen-bond donors (Lipinski definition) is 3. The van der Waals surface area contributed by atoms with E-state index in [9.17, 15) is 19.2 Å². The zero-order chi connectivity index (χ0) is 14.9. The molecule has 0 unspecified atom stereocenters. The molecule has 0 aliphatic heterocycles. The van der Waals surface area contributed by atoms with Gasteiger partial charge in [0.15, 0.2) is 11.3 Å². The van der Waals surface area contributed by atoms with Gasteiger partial charge in [-0.2, -0.15) is 0 Å². The summed E-state index contributed by atoms with van der Waals surface area (Å²) in [4.78, 5) is 47.4. The fourth-order valence-electron chi connectivity index (χ4n) is 1.76. The second kappa shape index (κ2) is 4.84. The molecule has 8 heteroatoms. The van der Waals surface area contributed by atoms with Crippen LogP contribution in [0.4, 0.5) is 0 Å². The van der Waals surface area contributed by atoms with Crippen LogP contribution in [0.25, 0.3) is 5.69 Å². The van der Waals surface area contributed by atoms with Crippen molar-refractivity contribution in [2.24, 2.45) is 0 Å². The van der Waals surface area contributed by atoms with Gasteiger partial charge in [0.25, 0.3) is 5.56 Å². The van der Waals surface area contributed by atoms with E-state index in [0.29, 0.717) is 4.57 Å². The van der Waals surface area contributed by atoms with Crippen LogP contribution >= 0.6 is 0 Å². The minimum absolute atomic E-state index is 0.133. The Labute approximate surface area is 110 Å². The number of para-hydroxylation sites is 1. The summed E-state index contributed by atoms with van der Waals surface area (Å²) in [6.45, 7) is 0. The predicted octanol–water partition coefficient (Wildman–Crippen LogP) is -0.0778. The van der Waals surface area contributed by atoms with E-state index in [1.54, 1.807) is 23.2 Å². The van der Waals surface area contributed by atoms with Crippen LogP contribution in [0.3, 0.4) is 0 Å². The van der Waals surface area contributed by atoms with Gasteiger partial charge in [0, 0.05) is 0 Å². The van der Waals surface area contributed by atoms with Crippen molar-refractivity contribution in [1.82, 2.24) is 9.55 Å². The van der Waals surface area contributed by atoms with Crippen LogP contribution in [0.15, 0.2) is 39.9 Å². The third kappa shape index (κ3) is 2.09. The normalized spacial score (nSPS) is 10.2. The van der Waals surface area contributed by atoms with Gasteiger partial charge in [-0.3, -0.25) is 14.3 Å². The summed E-state index contributed by atoms with van der Waals surface area (Å²) < 4.78 is 0.632. The topological polar surface area (TPSA) is 129 Å². The Morgan fingerprint density at radius 2 is 1.60 bits per heavy atom. The highest BCUT2D eigenvalue weighted by Gasteiger charge is 2.26. The number of nitrogens with zero attached hydrogens (tertiary/aromatic N) is 1. The molecule has 3 N–H and O–H groups in total. The fraction of sp³-hybridized carbons (Fsp3) is 0. The Balaban J connectivity index is 2.98. The van der Waals surface area contributed by atoms with Crippen molar-refractivity contribution in [3.63, 3.8) is 0 Å². The Hall–Kier alpha value is -3.16. The van der Waals surface area contributed by atoms with Crippen LogP contribution in [-0.4, -0.2) is 31.7 Å². The van der Waals surface area contributed by atoms with E-state index < -0.39 is 34.4 Å². The van der Waals surface area contributed by atoms with Crippen molar-refractivity contribution in [2.75, 3.05) is 0 Å². The van der Waals surface area contributed by atoms with Gasteiger partial charge in [-0.25, -0.2) is 14.4 Å². The molecular weight excluding hydrogens is 268 g/mol. The standard InChI is InChI=1S/C12H8N2O6/c15-9-7(10(16)17)8(11(18)19)14(12(20)13-9)6-4-2-1-3-5-6/h1-5H,(H,16,17)(H,18,19)(H,13,15,20). The molecule has 0 saturated carbocycles. The summed E-state index contributed by atoms with van der Waals surface area (Å²) in [5.41, 5.74) is -4.04. The van der Waals surface area contributed by atoms with E-state index in [2.05, 4.69) is 0 Å². The van der Waals surface area contributed by atoms with Crippen LogP contribution < -0.4 is 11.2 Å². The monoisotopic (exact) mass is 276 g/mol. The Morgan fingerprint density at radius 1 is 1.00 bits per heavy atom. The molecule has 0 radical (unpaired) electrons. The summed E-state index contributed by atoms with van der Waals surface area (Å²) in [7, 11) is 0. The Bertz CT molecular complexity index is 803. The van der Waals surface area contributed by atoms with E-state index in [1.807, 2.05) is 0 Å². The second-order valence-corrected chi connectivity index (χ2v) is 3.76. The van der Waals surface area contributed by atoms with Crippen LogP contribution in [-0.2, 0) is 0 Å². The average molecular weight is 276 g/mol. The molecule has 0 aliphatic carbocycles. The molecule has 2 rings (SSSR count). The molecule has 1 aromatic carbocycles. The van der Waals surface area contributed by atoms with Crippen LogP contribution in [0.2, 0.25) is 0 Å². The van der Waals surface area contributed by atoms with Crippen molar-refractivity contribution in [3.8, 4) is 5.69 Å². The molecule has 0 amide bonds. The lowest BCUT2D eigenvalue weighted by atomic mass is 10.2. The number of aromatic nitrogens is 2. The lowest BCUT2D eigenvalue weighted by Crippen LogP contribution is -2.38. The maximum Gasteiger partial charge on any atom is 0.354 e. The molecule has 8 nitrogen and oxygen atoms in total. The van der Waals surface area contributed by atoms with Gasteiger partial charge in [0.1, 0.15) is 0 Å². The lowest BCUT2D eigenvalue weighted by Gasteiger charge is -2.10. The van der Waals surface area contributed by atoms with E-state index in [0.717, 1.165) is 0 Å². The molecular formula is C12H8N2O6. The van der Waals surface area contributed by atoms with Crippen molar-refractivity contribution in [2.45, 2.75) is 0 Å². The molecule has 0 aliphatic rings. The lowest BCUT2D eigenvalue weighted by molar-refractivity contribution is 0.0640. The predicted molar refractivity (Wildman–Crippen MR) is 66.6 cm³/mol. The smallest absolute Gasteiger partial charge is 0.354 e. The first-order valence-corrected chi connectivity index (χ1v) is 5.35. The number of rotatable bonds is 3. The van der Waals surface area contributed by atoms with E-state index in [-0.39, 0.29) is 5.69 Å². The molecule has 0 spiro atoms. The number of carbonyl (C=O) groups is 2. The molecule has 2 aromatic rings.